The molecule has 0 N–H and O–H groups in total. The van der Waals surface area contributed by atoms with Crippen LogP contribution in [0.25, 0.3) is 0 Å². The molecular formula is C12H13BrO2. The molecule has 0 atom stereocenters. The molecule has 0 radical (unpaired) electrons. The molecule has 0 heterocycles. The quantitative estimate of drug-likeness (QED) is 0.771. The van der Waals surface area contributed by atoms with Gasteiger partial charge in [0.15, 0.2) is 0 Å². The molecule has 3 heteroatoms. The summed E-state index contributed by atoms with van der Waals surface area (Å²) in [4.78, 5) is 11.8. The average molecular weight is 269 g/mol. The molecule has 2 rings (SSSR count). The zero-order valence-corrected chi connectivity index (χ0v) is 10.2. The van der Waals surface area contributed by atoms with Crippen molar-refractivity contribution >= 4 is 21.9 Å². The first kappa shape index (κ1) is 10.7. The van der Waals surface area contributed by atoms with Crippen molar-refractivity contribution in [3.05, 3.63) is 34.3 Å². The predicted octanol–water partition coefficient (Wildman–Crippen LogP) is 3.04. The van der Waals surface area contributed by atoms with Gasteiger partial charge in [-0.15, -0.1) is 0 Å². The van der Waals surface area contributed by atoms with Gasteiger partial charge in [0.2, 0.25) is 0 Å². The minimum Gasteiger partial charge on any atom is -0.468 e. The second-order valence-corrected chi connectivity index (χ2v) is 4.85. The third-order valence-corrected chi connectivity index (χ3v) is 3.71. The molecule has 1 saturated carbocycles. The SMILES string of the molecule is COC(=O)C1(c2ccc(Br)cc2)CCC1. The van der Waals surface area contributed by atoms with Crippen molar-refractivity contribution in [2.24, 2.45) is 0 Å². The molecule has 0 aliphatic heterocycles. The standard InChI is InChI=1S/C12H13BrO2/c1-15-11(14)12(7-2-8-12)9-3-5-10(13)6-4-9/h3-6H,2,7-8H2,1H3. The van der Waals surface area contributed by atoms with Crippen LogP contribution in [0.2, 0.25) is 0 Å². The molecule has 0 spiro atoms. The first-order chi connectivity index (χ1) is 7.19. The predicted molar refractivity (Wildman–Crippen MR) is 61.7 cm³/mol. The summed E-state index contributed by atoms with van der Waals surface area (Å²) >= 11 is 3.39. The highest BCUT2D eigenvalue weighted by Crippen LogP contribution is 2.44. The van der Waals surface area contributed by atoms with Crippen molar-refractivity contribution in [3.63, 3.8) is 0 Å². The second-order valence-electron chi connectivity index (χ2n) is 3.93. The monoisotopic (exact) mass is 268 g/mol. The summed E-state index contributed by atoms with van der Waals surface area (Å²) in [6, 6.07) is 7.94. The molecule has 1 aliphatic rings. The lowest BCUT2D eigenvalue weighted by atomic mass is 9.64. The van der Waals surface area contributed by atoms with Crippen LogP contribution in [-0.4, -0.2) is 13.1 Å². The maximum Gasteiger partial charge on any atom is 0.316 e. The van der Waals surface area contributed by atoms with Crippen LogP contribution in [-0.2, 0) is 14.9 Å². The lowest BCUT2D eigenvalue weighted by Gasteiger charge is -2.39. The van der Waals surface area contributed by atoms with Crippen LogP contribution in [0.3, 0.4) is 0 Å². The highest BCUT2D eigenvalue weighted by atomic mass is 79.9. The van der Waals surface area contributed by atoms with Gasteiger partial charge >= 0.3 is 5.97 Å². The minimum absolute atomic E-state index is 0.101. The smallest absolute Gasteiger partial charge is 0.316 e. The molecule has 1 aromatic rings. The van der Waals surface area contributed by atoms with Crippen molar-refractivity contribution in [1.29, 1.82) is 0 Å². The summed E-state index contributed by atoms with van der Waals surface area (Å²) in [5, 5.41) is 0. The molecule has 0 bridgehead atoms. The zero-order chi connectivity index (χ0) is 10.9. The van der Waals surface area contributed by atoms with E-state index in [1.807, 2.05) is 24.3 Å². The van der Waals surface area contributed by atoms with Crippen LogP contribution in [0.5, 0.6) is 0 Å². The first-order valence-electron chi connectivity index (χ1n) is 5.03. The Morgan fingerprint density at radius 3 is 2.33 bits per heavy atom. The van der Waals surface area contributed by atoms with E-state index in [2.05, 4.69) is 15.9 Å². The van der Waals surface area contributed by atoms with Crippen LogP contribution in [0.1, 0.15) is 24.8 Å². The molecule has 1 aliphatic carbocycles. The van der Waals surface area contributed by atoms with Crippen LogP contribution < -0.4 is 0 Å². The van der Waals surface area contributed by atoms with E-state index in [-0.39, 0.29) is 11.4 Å². The van der Waals surface area contributed by atoms with Gasteiger partial charge in [0.05, 0.1) is 12.5 Å². The number of methoxy groups -OCH3 is 1. The molecule has 0 aromatic heterocycles. The molecule has 0 unspecified atom stereocenters. The van der Waals surface area contributed by atoms with Crippen molar-refractivity contribution < 1.29 is 9.53 Å². The Morgan fingerprint density at radius 2 is 1.93 bits per heavy atom. The van der Waals surface area contributed by atoms with Crippen LogP contribution >= 0.6 is 15.9 Å². The van der Waals surface area contributed by atoms with Crippen molar-refractivity contribution in [2.75, 3.05) is 7.11 Å². The van der Waals surface area contributed by atoms with E-state index in [9.17, 15) is 4.79 Å². The number of carbonyl (C=O) groups excluding carboxylic acids is 1. The number of benzene rings is 1. The van der Waals surface area contributed by atoms with Crippen molar-refractivity contribution in [1.82, 2.24) is 0 Å². The summed E-state index contributed by atoms with van der Waals surface area (Å²) in [5.74, 6) is -0.101. The molecule has 1 aromatic carbocycles. The summed E-state index contributed by atoms with van der Waals surface area (Å²) in [6.07, 6.45) is 2.91. The van der Waals surface area contributed by atoms with Gasteiger partial charge in [-0.2, -0.15) is 0 Å². The lowest BCUT2D eigenvalue weighted by Crippen LogP contribution is -2.43. The number of halogens is 1. The van der Waals surface area contributed by atoms with E-state index < -0.39 is 0 Å². The average Bonchev–Trinajstić information content (AvgIpc) is 2.19. The molecular weight excluding hydrogens is 256 g/mol. The van der Waals surface area contributed by atoms with E-state index in [4.69, 9.17) is 4.74 Å². The van der Waals surface area contributed by atoms with Crippen LogP contribution in [0, 0.1) is 0 Å². The van der Waals surface area contributed by atoms with Gasteiger partial charge in [0, 0.05) is 4.47 Å². The molecule has 80 valence electrons. The zero-order valence-electron chi connectivity index (χ0n) is 8.63. The van der Waals surface area contributed by atoms with E-state index in [0.717, 1.165) is 29.3 Å². The fourth-order valence-corrected chi connectivity index (χ4v) is 2.37. The Bertz CT molecular complexity index is 366. The van der Waals surface area contributed by atoms with Crippen molar-refractivity contribution in [2.45, 2.75) is 24.7 Å². The topological polar surface area (TPSA) is 26.3 Å². The number of carbonyl (C=O) groups is 1. The third-order valence-electron chi connectivity index (χ3n) is 3.18. The van der Waals surface area contributed by atoms with E-state index in [1.54, 1.807) is 0 Å². The number of hydrogen-bond donors (Lipinski definition) is 0. The maximum atomic E-state index is 11.8. The van der Waals surface area contributed by atoms with Gasteiger partial charge in [-0.25, -0.2) is 0 Å². The molecule has 15 heavy (non-hydrogen) atoms. The Kier molecular flexibility index (Phi) is 2.83. The van der Waals surface area contributed by atoms with Crippen LogP contribution in [0.4, 0.5) is 0 Å². The Labute approximate surface area is 97.8 Å². The van der Waals surface area contributed by atoms with E-state index >= 15 is 0 Å². The number of esters is 1. The van der Waals surface area contributed by atoms with Gasteiger partial charge in [0.25, 0.3) is 0 Å². The molecule has 2 nitrogen and oxygen atoms in total. The first-order valence-corrected chi connectivity index (χ1v) is 5.83. The maximum absolute atomic E-state index is 11.8. The lowest BCUT2D eigenvalue weighted by molar-refractivity contribution is -0.151. The molecule has 1 fully saturated rings. The Hall–Kier alpha value is -0.830. The fourth-order valence-electron chi connectivity index (χ4n) is 2.11. The Morgan fingerprint density at radius 1 is 1.33 bits per heavy atom. The summed E-state index contributed by atoms with van der Waals surface area (Å²) < 4.78 is 5.92. The number of ether oxygens (including phenoxy) is 1. The number of rotatable bonds is 2. The normalized spacial score (nSPS) is 18.0. The Balaban J connectivity index is 2.34. The second kappa shape index (κ2) is 3.97. The fraction of sp³-hybridized carbons (Fsp3) is 0.417. The van der Waals surface area contributed by atoms with Crippen LogP contribution in [0.15, 0.2) is 28.7 Å². The third kappa shape index (κ3) is 1.69. The summed E-state index contributed by atoms with van der Waals surface area (Å²) in [7, 11) is 1.46. The minimum atomic E-state index is -0.366. The number of hydrogen-bond acceptors (Lipinski definition) is 2. The van der Waals surface area contributed by atoms with E-state index in [1.165, 1.54) is 7.11 Å². The molecule has 0 saturated heterocycles. The van der Waals surface area contributed by atoms with Crippen molar-refractivity contribution in [3.8, 4) is 0 Å². The highest BCUT2D eigenvalue weighted by Gasteiger charge is 2.46. The van der Waals surface area contributed by atoms with Gasteiger partial charge in [0.1, 0.15) is 0 Å². The van der Waals surface area contributed by atoms with E-state index in [0.29, 0.717) is 0 Å². The van der Waals surface area contributed by atoms with Gasteiger partial charge in [-0.3, -0.25) is 4.79 Å². The molecule has 0 amide bonds. The summed E-state index contributed by atoms with van der Waals surface area (Å²) in [5.41, 5.74) is 0.707. The summed E-state index contributed by atoms with van der Waals surface area (Å²) in [6.45, 7) is 0. The highest BCUT2D eigenvalue weighted by molar-refractivity contribution is 9.10. The largest absolute Gasteiger partial charge is 0.468 e. The van der Waals surface area contributed by atoms with Gasteiger partial charge in [-0.05, 0) is 30.5 Å². The van der Waals surface area contributed by atoms with Gasteiger partial charge < -0.3 is 4.74 Å². The van der Waals surface area contributed by atoms with Gasteiger partial charge in [-0.1, -0.05) is 34.5 Å².